The highest BCUT2D eigenvalue weighted by atomic mass is 19.1. The molecule has 0 saturated carbocycles. The third-order valence-corrected chi connectivity index (χ3v) is 3.86. The van der Waals surface area contributed by atoms with Gasteiger partial charge in [-0.2, -0.15) is 0 Å². The minimum atomic E-state index is -0.225. The molecule has 1 aromatic carbocycles. The maximum absolute atomic E-state index is 13.1. The topological polar surface area (TPSA) is 29.0 Å². The second-order valence-electron chi connectivity index (χ2n) is 5.40. The molecule has 0 spiro atoms. The van der Waals surface area contributed by atoms with Crippen LogP contribution in [0.25, 0.3) is 11.3 Å². The molecule has 0 amide bonds. The van der Waals surface area contributed by atoms with Crippen LogP contribution in [0.5, 0.6) is 0 Å². The highest BCUT2D eigenvalue weighted by Crippen LogP contribution is 2.31. The molecule has 2 aromatic rings. The predicted molar refractivity (Wildman–Crippen MR) is 76.9 cm³/mol. The fourth-order valence-electron chi connectivity index (χ4n) is 2.87. The van der Waals surface area contributed by atoms with E-state index in [0.29, 0.717) is 5.92 Å². The van der Waals surface area contributed by atoms with Crippen molar-refractivity contribution in [1.29, 1.82) is 0 Å². The Morgan fingerprint density at radius 1 is 1.15 bits per heavy atom. The number of likely N-dealkylation sites (N-methyl/N-ethyl adjacent to an activating group) is 1. The molecule has 1 atom stereocenters. The van der Waals surface area contributed by atoms with Crippen LogP contribution in [0.15, 0.2) is 36.7 Å². The van der Waals surface area contributed by atoms with E-state index in [4.69, 9.17) is 0 Å². The molecular formula is C16H18FN3. The monoisotopic (exact) mass is 271 g/mol. The Bertz CT molecular complexity index is 583. The van der Waals surface area contributed by atoms with E-state index >= 15 is 0 Å². The SMILES string of the molecule is CN1CCC[C@H](c2nccnc2-c2ccc(F)cc2)C1. The van der Waals surface area contributed by atoms with Crippen LogP contribution in [0.2, 0.25) is 0 Å². The molecule has 0 aliphatic carbocycles. The summed E-state index contributed by atoms with van der Waals surface area (Å²) in [6.45, 7) is 2.15. The number of benzene rings is 1. The Morgan fingerprint density at radius 3 is 2.65 bits per heavy atom. The number of nitrogens with zero attached hydrogens (tertiary/aromatic N) is 3. The minimum Gasteiger partial charge on any atom is -0.306 e. The smallest absolute Gasteiger partial charge is 0.123 e. The summed E-state index contributed by atoms with van der Waals surface area (Å²) in [5.41, 5.74) is 2.85. The van der Waals surface area contributed by atoms with Crippen molar-refractivity contribution >= 4 is 0 Å². The standard InChI is InChI=1S/C16H18FN3/c1-20-10-2-3-13(11-20)16-15(18-8-9-19-16)12-4-6-14(17)7-5-12/h4-9,13H,2-3,10-11H2,1H3/t13-/m0/s1. The summed E-state index contributed by atoms with van der Waals surface area (Å²) in [6.07, 6.45) is 5.77. The minimum absolute atomic E-state index is 0.225. The number of hydrogen-bond donors (Lipinski definition) is 0. The first-order chi connectivity index (χ1) is 9.74. The van der Waals surface area contributed by atoms with Gasteiger partial charge in [0.1, 0.15) is 5.82 Å². The summed E-state index contributed by atoms with van der Waals surface area (Å²) in [6, 6.07) is 6.49. The lowest BCUT2D eigenvalue weighted by Gasteiger charge is -2.30. The predicted octanol–water partition coefficient (Wildman–Crippen LogP) is 3.09. The lowest BCUT2D eigenvalue weighted by molar-refractivity contribution is 0.248. The molecule has 104 valence electrons. The van der Waals surface area contributed by atoms with Crippen LogP contribution in [0.1, 0.15) is 24.5 Å². The molecule has 0 radical (unpaired) electrons. The van der Waals surface area contributed by atoms with Gasteiger partial charge >= 0.3 is 0 Å². The van der Waals surface area contributed by atoms with Crippen molar-refractivity contribution in [2.45, 2.75) is 18.8 Å². The summed E-state index contributed by atoms with van der Waals surface area (Å²) < 4.78 is 13.1. The summed E-state index contributed by atoms with van der Waals surface area (Å²) in [5.74, 6) is 0.180. The van der Waals surface area contributed by atoms with E-state index in [9.17, 15) is 4.39 Å². The van der Waals surface area contributed by atoms with Crippen LogP contribution in [0.4, 0.5) is 4.39 Å². The van der Waals surface area contributed by atoms with Crippen molar-refractivity contribution in [3.63, 3.8) is 0 Å². The third kappa shape index (κ3) is 2.70. The Hall–Kier alpha value is -1.81. The third-order valence-electron chi connectivity index (χ3n) is 3.86. The van der Waals surface area contributed by atoms with Crippen LogP contribution in [0, 0.1) is 5.82 Å². The molecule has 3 nitrogen and oxygen atoms in total. The van der Waals surface area contributed by atoms with Gasteiger partial charge < -0.3 is 4.90 Å². The first-order valence-electron chi connectivity index (χ1n) is 6.99. The van der Waals surface area contributed by atoms with Gasteiger partial charge in [-0.3, -0.25) is 9.97 Å². The molecule has 2 heterocycles. The number of aromatic nitrogens is 2. The van der Waals surface area contributed by atoms with Crippen molar-refractivity contribution in [3.05, 3.63) is 48.2 Å². The average Bonchev–Trinajstić information content (AvgIpc) is 2.48. The average molecular weight is 271 g/mol. The summed E-state index contributed by atoms with van der Waals surface area (Å²) in [7, 11) is 2.14. The largest absolute Gasteiger partial charge is 0.306 e. The van der Waals surface area contributed by atoms with E-state index in [1.54, 1.807) is 24.5 Å². The maximum Gasteiger partial charge on any atom is 0.123 e. The van der Waals surface area contributed by atoms with E-state index in [2.05, 4.69) is 21.9 Å². The number of rotatable bonds is 2. The summed E-state index contributed by atoms with van der Waals surface area (Å²) in [4.78, 5) is 11.4. The van der Waals surface area contributed by atoms with Crippen molar-refractivity contribution < 1.29 is 4.39 Å². The van der Waals surface area contributed by atoms with Crippen LogP contribution >= 0.6 is 0 Å². The second kappa shape index (κ2) is 5.67. The maximum atomic E-state index is 13.1. The van der Waals surface area contributed by atoms with Gasteiger partial charge in [0, 0.05) is 30.4 Å². The number of piperidine rings is 1. The fourth-order valence-corrected chi connectivity index (χ4v) is 2.87. The van der Waals surface area contributed by atoms with Gasteiger partial charge in [0.15, 0.2) is 0 Å². The van der Waals surface area contributed by atoms with E-state index in [1.807, 2.05) is 0 Å². The van der Waals surface area contributed by atoms with Crippen LogP contribution in [-0.4, -0.2) is 35.0 Å². The molecule has 1 aromatic heterocycles. The molecule has 0 unspecified atom stereocenters. The first kappa shape index (κ1) is 13.2. The Morgan fingerprint density at radius 2 is 1.90 bits per heavy atom. The molecule has 1 aliphatic rings. The van der Waals surface area contributed by atoms with E-state index < -0.39 is 0 Å². The van der Waals surface area contributed by atoms with Gasteiger partial charge in [-0.15, -0.1) is 0 Å². The van der Waals surface area contributed by atoms with E-state index in [0.717, 1.165) is 36.5 Å². The van der Waals surface area contributed by atoms with Crippen molar-refractivity contribution in [1.82, 2.24) is 14.9 Å². The second-order valence-corrected chi connectivity index (χ2v) is 5.40. The molecule has 4 heteroatoms. The van der Waals surface area contributed by atoms with Crippen LogP contribution in [0.3, 0.4) is 0 Å². The molecule has 1 saturated heterocycles. The van der Waals surface area contributed by atoms with Gasteiger partial charge in [0.2, 0.25) is 0 Å². The molecule has 0 bridgehead atoms. The Balaban J connectivity index is 1.97. The highest BCUT2D eigenvalue weighted by Gasteiger charge is 2.23. The van der Waals surface area contributed by atoms with Gasteiger partial charge in [-0.05, 0) is 50.7 Å². The van der Waals surface area contributed by atoms with Crippen LogP contribution < -0.4 is 0 Å². The summed E-state index contributed by atoms with van der Waals surface area (Å²) in [5, 5.41) is 0. The summed E-state index contributed by atoms with van der Waals surface area (Å²) >= 11 is 0. The number of hydrogen-bond acceptors (Lipinski definition) is 3. The van der Waals surface area contributed by atoms with Crippen LogP contribution in [-0.2, 0) is 0 Å². The number of halogens is 1. The van der Waals surface area contributed by atoms with Crippen molar-refractivity contribution in [3.8, 4) is 11.3 Å². The zero-order valence-electron chi connectivity index (χ0n) is 11.6. The van der Waals surface area contributed by atoms with Crippen molar-refractivity contribution in [2.75, 3.05) is 20.1 Å². The molecule has 1 aliphatic heterocycles. The van der Waals surface area contributed by atoms with E-state index in [-0.39, 0.29) is 5.82 Å². The van der Waals surface area contributed by atoms with Gasteiger partial charge in [-0.1, -0.05) is 0 Å². The lowest BCUT2D eigenvalue weighted by Crippen LogP contribution is -2.31. The fraction of sp³-hybridized carbons (Fsp3) is 0.375. The molecular weight excluding hydrogens is 253 g/mol. The zero-order valence-corrected chi connectivity index (χ0v) is 11.6. The lowest BCUT2D eigenvalue weighted by atomic mass is 9.92. The quantitative estimate of drug-likeness (QED) is 0.840. The molecule has 0 N–H and O–H groups in total. The number of likely N-dealkylation sites (tertiary alicyclic amines) is 1. The molecule has 20 heavy (non-hydrogen) atoms. The van der Waals surface area contributed by atoms with Crippen molar-refractivity contribution in [2.24, 2.45) is 0 Å². The first-order valence-corrected chi connectivity index (χ1v) is 6.99. The van der Waals surface area contributed by atoms with Gasteiger partial charge in [0.25, 0.3) is 0 Å². The normalized spacial score (nSPS) is 20.0. The molecule has 3 rings (SSSR count). The van der Waals surface area contributed by atoms with E-state index in [1.165, 1.54) is 18.6 Å². The highest BCUT2D eigenvalue weighted by molar-refractivity contribution is 5.62. The van der Waals surface area contributed by atoms with Gasteiger partial charge in [-0.25, -0.2) is 4.39 Å². The Kier molecular flexibility index (Phi) is 3.74. The Labute approximate surface area is 118 Å². The molecule has 1 fully saturated rings. The zero-order chi connectivity index (χ0) is 13.9. The van der Waals surface area contributed by atoms with Gasteiger partial charge in [0.05, 0.1) is 11.4 Å².